The highest BCUT2D eigenvalue weighted by Gasteiger charge is 2.24. The molecular weight excluding hydrogens is 284 g/mol. The molecule has 1 N–H and O–H groups in total. The average Bonchev–Trinajstić information content (AvgIpc) is 2.74. The Labute approximate surface area is 138 Å². The number of carbonyl (C=O) groups is 1. The van der Waals surface area contributed by atoms with E-state index in [-0.39, 0.29) is 5.91 Å². The quantitative estimate of drug-likeness (QED) is 0.837. The number of benzene rings is 1. The van der Waals surface area contributed by atoms with E-state index in [0.29, 0.717) is 0 Å². The van der Waals surface area contributed by atoms with Crippen LogP contribution in [0.3, 0.4) is 0 Å². The van der Waals surface area contributed by atoms with Gasteiger partial charge in [-0.2, -0.15) is 0 Å². The molecule has 1 aliphatic heterocycles. The maximum Gasteiger partial charge on any atom is 0.255 e. The van der Waals surface area contributed by atoms with Crippen molar-refractivity contribution in [1.82, 2.24) is 9.88 Å². The van der Waals surface area contributed by atoms with E-state index < -0.39 is 0 Å². The molecule has 0 bridgehead atoms. The van der Waals surface area contributed by atoms with Crippen LogP contribution in [0.2, 0.25) is 0 Å². The minimum Gasteiger partial charge on any atom is -0.358 e. The zero-order valence-corrected chi connectivity index (χ0v) is 14.0. The van der Waals surface area contributed by atoms with Gasteiger partial charge in [0.25, 0.3) is 5.91 Å². The molecule has 23 heavy (non-hydrogen) atoms. The summed E-state index contributed by atoms with van der Waals surface area (Å²) in [7, 11) is 0. The molecule has 2 aliphatic rings. The maximum atomic E-state index is 13.0. The summed E-state index contributed by atoms with van der Waals surface area (Å²) in [5.74, 6) is 0.954. The van der Waals surface area contributed by atoms with Crippen LogP contribution in [0.4, 0.5) is 0 Å². The van der Waals surface area contributed by atoms with Gasteiger partial charge >= 0.3 is 0 Å². The molecule has 1 aliphatic carbocycles. The van der Waals surface area contributed by atoms with Gasteiger partial charge in [-0.15, -0.1) is 0 Å². The van der Waals surface area contributed by atoms with Crippen LogP contribution in [-0.2, 0) is 12.8 Å². The summed E-state index contributed by atoms with van der Waals surface area (Å²) in [6.07, 6.45) is 8.28. The fourth-order valence-corrected chi connectivity index (χ4v) is 4.24. The highest BCUT2D eigenvalue weighted by molar-refractivity contribution is 6.06. The summed E-state index contributed by atoms with van der Waals surface area (Å²) < 4.78 is 0. The molecule has 3 nitrogen and oxygen atoms in total. The summed E-state index contributed by atoms with van der Waals surface area (Å²) in [5.41, 5.74) is 4.74. The van der Waals surface area contributed by atoms with Gasteiger partial charge in [0, 0.05) is 24.2 Å². The molecule has 0 spiro atoms. The third kappa shape index (κ3) is 2.66. The molecule has 1 fully saturated rings. The largest absolute Gasteiger partial charge is 0.358 e. The summed E-state index contributed by atoms with van der Waals surface area (Å²) >= 11 is 0. The van der Waals surface area contributed by atoms with Crippen LogP contribution in [0.15, 0.2) is 18.2 Å². The van der Waals surface area contributed by atoms with Crippen LogP contribution in [0, 0.1) is 5.92 Å². The van der Waals surface area contributed by atoms with Crippen molar-refractivity contribution in [2.45, 2.75) is 51.9 Å². The third-order valence-corrected chi connectivity index (χ3v) is 5.59. The number of likely N-dealkylation sites (tertiary alicyclic amines) is 1. The lowest BCUT2D eigenvalue weighted by atomic mass is 9.87. The maximum absolute atomic E-state index is 13.0. The van der Waals surface area contributed by atoms with Crippen molar-refractivity contribution in [3.8, 4) is 0 Å². The Morgan fingerprint density at radius 1 is 1.17 bits per heavy atom. The van der Waals surface area contributed by atoms with Crippen LogP contribution in [0.1, 0.15) is 60.6 Å². The predicted molar refractivity (Wildman–Crippen MR) is 93.9 cm³/mol. The second-order valence-electron chi connectivity index (χ2n) is 7.36. The zero-order chi connectivity index (χ0) is 15.8. The van der Waals surface area contributed by atoms with Gasteiger partial charge in [0.05, 0.1) is 11.1 Å². The number of nitrogens with one attached hydrogen (secondary N) is 1. The molecular formula is C20H26N2O. The van der Waals surface area contributed by atoms with Gasteiger partial charge < -0.3 is 9.88 Å². The van der Waals surface area contributed by atoms with Gasteiger partial charge in [0.2, 0.25) is 0 Å². The zero-order valence-electron chi connectivity index (χ0n) is 14.0. The fourth-order valence-electron chi connectivity index (χ4n) is 4.24. The average molecular weight is 310 g/mol. The van der Waals surface area contributed by atoms with Crippen molar-refractivity contribution >= 4 is 16.8 Å². The highest BCUT2D eigenvalue weighted by atomic mass is 16.2. The van der Waals surface area contributed by atoms with E-state index in [9.17, 15) is 4.79 Å². The first-order valence-electron chi connectivity index (χ1n) is 9.16. The number of hydrogen-bond acceptors (Lipinski definition) is 1. The van der Waals surface area contributed by atoms with E-state index in [2.05, 4.69) is 28.9 Å². The Morgan fingerprint density at radius 2 is 1.96 bits per heavy atom. The molecule has 2 heterocycles. The van der Waals surface area contributed by atoms with Gasteiger partial charge in [-0.25, -0.2) is 0 Å². The number of hydrogen-bond donors (Lipinski definition) is 1. The normalized spacial score (nSPS) is 22.0. The first kappa shape index (κ1) is 14.8. The van der Waals surface area contributed by atoms with E-state index in [1.807, 2.05) is 6.07 Å². The molecule has 1 aromatic carbocycles. The van der Waals surface area contributed by atoms with Crippen molar-refractivity contribution in [3.63, 3.8) is 0 Å². The molecule has 1 atom stereocenters. The number of amides is 1. The summed E-state index contributed by atoms with van der Waals surface area (Å²) in [6.45, 7) is 4.15. The Kier molecular flexibility index (Phi) is 3.88. The number of aromatic nitrogens is 1. The molecule has 1 aromatic heterocycles. The van der Waals surface area contributed by atoms with E-state index in [0.717, 1.165) is 55.8 Å². The number of aryl methyl sites for hydroxylation is 1. The predicted octanol–water partition coefficient (Wildman–Crippen LogP) is 4.31. The van der Waals surface area contributed by atoms with Crippen LogP contribution in [0.5, 0.6) is 0 Å². The van der Waals surface area contributed by atoms with E-state index in [1.54, 1.807) is 0 Å². The Hall–Kier alpha value is -1.77. The van der Waals surface area contributed by atoms with Crippen LogP contribution in [-0.4, -0.2) is 28.9 Å². The van der Waals surface area contributed by atoms with E-state index in [1.165, 1.54) is 35.9 Å². The number of fused-ring (bicyclic) bond motifs is 3. The second-order valence-corrected chi connectivity index (χ2v) is 7.36. The molecule has 1 unspecified atom stereocenters. The lowest BCUT2D eigenvalue weighted by Gasteiger charge is -2.20. The smallest absolute Gasteiger partial charge is 0.255 e. The SMILES string of the molecule is CC1CCc2[nH]c3c(C(=O)N4CCCCCC4)cccc3c2C1. The van der Waals surface area contributed by atoms with E-state index >= 15 is 0 Å². The molecule has 2 aromatic rings. The third-order valence-electron chi connectivity index (χ3n) is 5.59. The fraction of sp³-hybridized carbons (Fsp3) is 0.550. The molecule has 0 saturated carbocycles. The lowest BCUT2D eigenvalue weighted by molar-refractivity contribution is 0.0763. The summed E-state index contributed by atoms with van der Waals surface area (Å²) in [5, 5.41) is 1.27. The Morgan fingerprint density at radius 3 is 2.74 bits per heavy atom. The molecule has 4 rings (SSSR count). The van der Waals surface area contributed by atoms with Gasteiger partial charge in [0.1, 0.15) is 0 Å². The second kappa shape index (κ2) is 6.03. The number of nitrogens with zero attached hydrogens (tertiary/aromatic N) is 1. The molecule has 0 radical (unpaired) electrons. The number of rotatable bonds is 1. The van der Waals surface area contributed by atoms with Crippen LogP contribution >= 0.6 is 0 Å². The number of carbonyl (C=O) groups excluding carboxylic acids is 1. The molecule has 1 saturated heterocycles. The van der Waals surface area contributed by atoms with Gasteiger partial charge in [0.15, 0.2) is 0 Å². The Balaban J connectivity index is 1.74. The molecule has 1 amide bonds. The lowest BCUT2D eigenvalue weighted by Crippen LogP contribution is -2.31. The summed E-state index contributed by atoms with van der Waals surface area (Å²) in [4.78, 5) is 18.7. The first-order valence-corrected chi connectivity index (χ1v) is 9.16. The summed E-state index contributed by atoms with van der Waals surface area (Å²) in [6, 6.07) is 6.24. The minimum atomic E-state index is 0.212. The van der Waals surface area contributed by atoms with E-state index in [4.69, 9.17) is 0 Å². The monoisotopic (exact) mass is 310 g/mol. The minimum absolute atomic E-state index is 0.212. The van der Waals surface area contributed by atoms with Crippen molar-refractivity contribution in [2.75, 3.05) is 13.1 Å². The topological polar surface area (TPSA) is 36.1 Å². The van der Waals surface area contributed by atoms with Gasteiger partial charge in [-0.3, -0.25) is 4.79 Å². The van der Waals surface area contributed by atoms with Crippen molar-refractivity contribution in [2.24, 2.45) is 5.92 Å². The number of aromatic amines is 1. The van der Waals surface area contributed by atoms with Crippen molar-refractivity contribution in [1.29, 1.82) is 0 Å². The van der Waals surface area contributed by atoms with Crippen molar-refractivity contribution < 1.29 is 4.79 Å². The van der Waals surface area contributed by atoms with Crippen molar-refractivity contribution in [3.05, 3.63) is 35.0 Å². The Bertz CT molecular complexity index is 723. The first-order chi connectivity index (χ1) is 11.2. The standard InChI is InChI=1S/C20H26N2O/c1-14-9-10-18-17(13-14)15-7-6-8-16(19(15)21-18)20(23)22-11-4-2-3-5-12-22/h6-8,14,21H,2-5,9-13H2,1H3. The van der Waals surface area contributed by atoms with Gasteiger partial charge in [-0.05, 0) is 49.7 Å². The van der Waals surface area contributed by atoms with Gasteiger partial charge in [-0.1, -0.05) is 31.9 Å². The highest BCUT2D eigenvalue weighted by Crippen LogP contribution is 2.33. The van der Waals surface area contributed by atoms with Crippen LogP contribution in [0.25, 0.3) is 10.9 Å². The van der Waals surface area contributed by atoms with Crippen LogP contribution < -0.4 is 0 Å². The number of para-hydroxylation sites is 1. The molecule has 3 heteroatoms. The molecule has 122 valence electrons. The number of H-pyrrole nitrogens is 1.